The summed E-state index contributed by atoms with van der Waals surface area (Å²) in [6, 6.07) is 2.00. The standard InChI is InChI=1S/C14H23N3O3S/c1-5-21(18,19)14(3,4)12-8-13(16-10-15-12)17-6-7-20-9-11(17)2/h8,10-11H,5-7,9H2,1-4H3/t11-/m0/s1. The van der Waals surface area contributed by atoms with Gasteiger partial charge in [-0.25, -0.2) is 18.4 Å². The molecule has 0 spiro atoms. The van der Waals surface area contributed by atoms with Crippen LogP contribution in [0.15, 0.2) is 12.4 Å². The van der Waals surface area contributed by atoms with E-state index in [1.165, 1.54) is 6.33 Å². The van der Waals surface area contributed by atoms with Gasteiger partial charge in [-0.05, 0) is 20.8 Å². The molecule has 0 N–H and O–H groups in total. The maximum atomic E-state index is 12.3. The van der Waals surface area contributed by atoms with Crippen LogP contribution in [0.2, 0.25) is 0 Å². The Kier molecular flexibility index (Phi) is 4.53. The number of nitrogens with zero attached hydrogens (tertiary/aromatic N) is 3. The molecule has 1 fully saturated rings. The van der Waals surface area contributed by atoms with Crippen molar-refractivity contribution in [2.75, 3.05) is 30.4 Å². The Bertz CT molecular complexity index is 601. The highest BCUT2D eigenvalue weighted by Crippen LogP contribution is 2.30. The summed E-state index contributed by atoms with van der Waals surface area (Å²) in [5.74, 6) is 0.850. The lowest BCUT2D eigenvalue weighted by molar-refractivity contribution is 0.0985. The van der Waals surface area contributed by atoms with Crippen LogP contribution < -0.4 is 4.90 Å². The molecule has 1 aromatic heterocycles. The number of anilines is 1. The predicted molar refractivity (Wildman–Crippen MR) is 82.1 cm³/mol. The Morgan fingerprint density at radius 1 is 1.43 bits per heavy atom. The van der Waals surface area contributed by atoms with Crippen LogP contribution >= 0.6 is 0 Å². The predicted octanol–water partition coefficient (Wildman–Crippen LogP) is 1.37. The highest BCUT2D eigenvalue weighted by molar-refractivity contribution is 7.92. The Morgan fingerprint density at radius 3 is 2.76 bits per heavy atom. The molecule has 1 saturated heterocycles. The molecule has 0 bridgehead atoms. The Morgan fingerprint density at radius 2 is 2.14 bits per heavy atom. The normalized spacial score (nSPS) is 20.6. The minimum Gasteiger partial charge on any atom is -0.377 e. The van der Waals surface area contributed by atoms with Crippen LogP contribution in [0.3, 0.4) is 0 Å². The molecule has 6 nitrogen and oxygen atoms in total. The number of hydrogen-bond acceptors (Lipinski definition) is 6. The third-order valence-corrected chi connectivity index (χ3v) is 6.61. The average molecular weight is 313 g/mol. The highest BCUT2D eigenvalue weighted by atomic mass is 32.2. The highest BCUT2D eigenvalue weighted by Gasteiger charge is 2.36. The summed E-state index contributed by atoms with van der Waals surface area (Å²) in [5.41, 5.74) is 0.535. The molecule has 0 aromatic carbocycles. The number of morpholine rings is 1. The minimum absolute atomic E-state index is 0.0906. The van der Waals surface area contributed by atoms with Crippen molar-refractivity contribution in [2.45, 2.75) is 38.5 Å². The van der Waals surface area contributed by atoms with Crippen molar-refractivity contribution >= 4 is 15.7 Å². The molecule has 0 unspecified atom stereocenters. The van der Waals surface area contributed by atoms with E-state index in [1.807, 2.05) is 0 Å². The van der Waals surface area contributed by atoms with E-state index in [-0.39, 0.29) is 11.8 Å². The molecule has 118 valence electrons. The van der Waals surface area contributed by atoms with Gasteiger partial charge in [0.05, 0.1) is 24.9 Å². The number of sulfone groups is 1. The number of aromatic nitrogens is 2. The fraction of sp³-hybridized carbons (Fsp3) is 0.714. The van der Waals surface area contributed by atoms with Crippen LogP contribution in [0.4, 0.5) is 5.82 Å². The second-order valence-electron chi connectivity index (χ2n) is 5.79. The third-order valence-electron chi connectivity index (χ3n) is 4.09. The molecule has 21 heavy (non-hydrogen) atoms. The molecule has 0 radical (unpaired) electrons. The van der Waals surface area contributed by atoms with Crippen molar-refractivity contribution in [3.05, 3.63) is 18.1 Å². The van der Waals surface area contributed by atoms with Crippen LogP contribution in [-0.4, -0.2) is 49.9 Å². The second kappa shape index (κ2) is 5.88. The van der Waals surface area contributed by atoms with Gasteiger partial charge in [0.2, 0.25) is 0 Å². The van der Waals surface area contributed by atoms with Crippen LogP contribution in [0.5, 0.6) is 0 Å². The van der Waals surface area contributed by atoms with Gasteiger partial charge in [0.15, 0.2) is 9.84 Å². The van der Waals surface area contributed by atoms with Gasteiger partial charge in [-0.1, -0.05) is 6.92 Å². The quantitative estimate of drug-likeness (QED) is 0.836. The molecular formula is C14H23N3O3S. The maximum absolute atomic E-state index is 12.3. The van der Waals surface area contributed by atoms with Gasteiger partial charge in [-0.3, -0.25) is 0 Å². The van der Waals surface area contributed by atoms with E-state index >= 15 is 0 Å². The lowest BCUT2D eigenvalue weighted by Gasteiger charge is -2.34. The smallest absolute Gasteiger partial charge is 0.160 e. The Labute approximate surface area is 126 Å². The Balaban J connectivity index is 2.38. The summed E-state index contributed by atoms with van der Waals surface area (Å²) >= 11 is 0. The van der Waals surface area contributed by atoms with Gasteiger partial charge in [-0.15, -0.1) is 0 Å². The molecule has 0 aliphatic carbocycles. The van der Waals surface area contributed by atoms with E-state index in [2.05, 4.69) is 21.8 Å². The molecule has 1 aliphatic heterocycles. The fourth-order valence-electron chi connectivity index (χ4n) is 2.42. The van der Waals surface area contributed by atoms with Gasteiger partial charge in [0.25, 0.3) is 0 Å². The van der Waals surface area contributed by atoms with Gasteiger partial charge in [0.1, 0.15) is 16.9 Å². The maximum Gasteiger partial charge on any atom is 0.160 e. The zero-order valence-electron chi connectivity index (χ0n) is 13.0. The number of rotatable bonds is 4. The van der Waals surface area contributed by atoms with Crippen LogP contribution in [-0.2, 0) is 19.3 Å². The molecule has 2 heterocycles. The lowest BCUT2D eigenvalue weighted by Crippen LogP contribution is -2.44. The molecule has 0 amide bonds. The zero-order chi connectivity index (χ0) is 15.7. The average Bonchev–Trinajstić information content (AvgIpc) is 2.47. The SMILES string of the molecule is CCS(=O)(=O)C(C)(C)c1cc(N2CCOC[C@@H]2C)ncn1. The zero-order valence-corrected chi connectivity index (χ0v) is 13.9. The molecule has 2 rings (SSSR count). The summed E-state index contributed by atoms with van der Waals surface area (Å²) in [6.45, 7) is 9.16. The van der Waals surface area contributed by atoms with E-state index < -0.39 is 14.6 Å². The van der Waals surface area contributed by atoms with Gasteiger partial charge < -0.3 is 9.64 Å². The van der Waals surface area contributed by atoms with Crippen molar-refractivity contribution in [1.82, 2.24) is 9.97 Å². The minimum atomic E-state index is -3.25. The van der Waals surface area contributed by atoms with Gasteiger partial charge in [0, 0.05) is 18.4 Å². The van der Waals surface area contributed by atoms with Crippen molar-refractivity contribution in [1.29, 1.82) is 0 Å². The summed E-state index contributed by atoms with van der Waals surface area (Å²) in [4.78, 5) is 10.6. The summed E-state index contributed by atoms with van der Waals surface area (Å²) in [5, 5.41) is 0. The number of ether oxygens (including phenoxy) is 1. The lowest BCUT2D eigenvalue weighted by atomic mass is 10.1. The molecular weight excluding hydrogens is 290 g/mol. The van der Waals surface area contributed by atoms with Crippen molar-refractivity contribution in [2.24, 2.45) is 0 Å². The first-order valence-electron chi connectivity index (χ1n) is 7.19. The largest absolute Gasteiger partial charge is 0.377 e. The second-order valence-corrected chi connectivity index (χ2v) is 8.62. The van der Waals surface area contributed by atoms with E-state index in [9.17, 15) is 8.42 Å². The van der Waals surface area contributed by atoms with E-state index in [1.54, 1.807) is 26.8 Å². The molecule has 1 aromatic rings. The summed E-state index contributed by atoms with van der Waals surface area (Å²) in [7, 11) is -3.25. The summed E-state index contributed by atoms with van der Waals surface area (Å²) < 4.78 is 29.0. The van der Waals surface area contributed by atoms with E-state index in [4.69, 9.17) is 4.74 Å². The molecule has 1 atom stereocenters. The molecule has 0 saturated carbocycles. The first-order chi connectivity index (χ1) is 9.79. The molecule has 1 aliphatic rings. The third kappa shape index (κ3) is 3.03. The first-order valence-corrected chi connectivity index (χ1v) is 8.84. The van der Waals surface area contributed by atoms with Gasteiger partial charge >= 0.3 is 0 Å². The number of hydrogen-bond donors (Lipinski definition) is 0. The van der Waals surface area contributed by atoms with Crippen molar-refractivity contribution in [3.63, 3.8) is 0 Å². The van der Waals surface area contributed by atoms with Crippen molar-refractivity contribution in [3.8, 4) is 0 Å². The fourth-order valence-corrected chi connectivity index (χ4v) is 3.57. The topological polar surface area (TPSA) is 72.4 Å². The van der Waals surface area contributed by atoms with Crippen LogP contribution in [0.25, 0.3) is 0 Å². The van der Waals surface area contributed by atoms with E-state index in [0.29, 0.717) is 18.9 Å². The Hall–Kier alpha value is -1.21. The van der Waals surface area contributed by atoms with Crippen LogP contribution in [0, 0.1) is 0 Å². The molecule has 7 heteroatoms. The van der Waals surface area contributed by atoms with Crippen molar-refractivity contribution < 1.29 is 13.2 Å². The monoisotopic (exact) mass is 313 g/mol. The van der Waals surface area contributed by atoms with Crippen LogP contribution in [0.1, 0.15) is 33.4 Å². The van der Waals surface area contributed by atoms with Gasteiger partial charge in [-0.2, -0.15) is 0 Å². The first kappa shape index (κ1) is 16.2. The van der Waals surface area contributed by atoms with E-state index in [0.717, 1.165) is 12.4 Å². The summed E-state index contributed by atoms with van der Waals surface area (Å²) in [6.07, 6.45) is 1.44.